The molecule has 24 heavy (non-hydrogen) atoms. The van der Waals surface area contributed by atoms with Gasteiger partial charge in [0.25, 0.3) is 15.9 Å². The van der Waals surface area contributed by atoms with E-state index in [2.05, 4.69) is 10.0 Å². The SMILES string of the molecule is CCNC(=O)c1ccc(C)c(S(=O)(=O)Nc2cc(C)cc(C)c2)c1. The van der Waals surface area contributed by atoms with E-state index in [9.17, 15) is 13.2 Å². The molecule has 6 heteroatoms. The van der Waals surface area contributed by atoms with Crippen LogP contribution in [0.15, 0.2) is 41.3 Å². The van der Waals surface area contributed by atoms with Gasteiger partial charge in [-0.2, -0.15) is 0 Å². The largest absolute Gasteiger partial charge is 0.352 e. The zero-order chi connectivity index (χ0) is 17.9. The van der Waals surface area contributed by atoms with E-state index in [-0.39, 0.29) is 10.8 Å². The highest BCUT2D eigenvalue weighted by Gasteiger charge is 2.19. The number of anilines is 1. The number of hydrogen-bond donors (Lipinski definition) is 2. The summed E-state index contributed by atoms with van der Waals surface area (Å²) in [6, 6.07) is 10.2. The van der Waals surface area contributed by atoms with Gasteiger partial charge >= 0.3 is 0 Å². The Morgan fingerprint density at radius 2 is 1.62 bits per heavy atom. The Hall–Kier alpha value is -2.34. The predicted molar refractivity (Wildman–Crippen MR) is 95.9 cm³/mol. The summed E-state index contributed by atoms with van der Waals surface area (Å²) in [4.78, 5) is 12.1. The van der Waals surface area contributed by atoms with Crippen LogP contribution in [0, 0.1) is 20.8 Å². The Kier molecular flexibility index (Phi) is 5.29. The summed E-state index contributed by atoms with van der Waals surface area (Å²) in [7, 11) is -3.78. The van der Waals surface area contributed by atoms with Crippen LogP contribution in [0.25, 0.3) is 0 Å². The normalized spacial score (nSPS) is 11.2. The maximum Gasteiger partial charge on any atom is 0.262 e. The number of nitrogens with one attached hydrogen (secondary N) is 2. The van der Waals surface area contributed by atoms with E-state index in [0.717, 1.165) is 11.1 Å². The van der Waals surface area contributed by atoms with Crippen LogP contribution >= 0.6 is 0 Å². The summed E-state index contributed by atoms with van der Waals surface area (Å²) in [6.45, 7) is 7.82. The minimum Gasteiger partial charge on any atom is -0.352 e. The van der Waals surface area contributed by atoms with Crippen LogP contribution in [-0.2, 0) is 10.0 Å². The number of carbonyl (C=O) groups is 1. The van der Waals surface area contributed by atoms with Gasteiger partial charge in [-0.15, -0.1) is 0 Å². The van der Waals surface area contributed by atoms with Gasteiger partial charge in [0.2, 0.25) is 0 Å². The van der Waals surface area contributed by atoms with Crippen molar-refractivity contribution < 1.29 is 13.2 Å². The van der Waals surface area contributed by atoms with Gasteiger partial charge in [-0.1, -0.05) is 12.1 Å². The van der Waals surface area contributed by atoms with Crippen molar-refractivity contribution >= 4 is 21.6 Å². The minimum absolute atomic E-state index is 0.102. The quantitative estimate of drug-likeness (QED) is 0.873. The molecule has 0 fully saturated rings. The van der Waals surface area contributed by atoms with Gasteiger partial charge in [0.1, 0.15) is 0 Å². The molecule has 1 amide bonds. The molecule has 0 aliphatic rings. The average molecular weight is 346 g/mol. The molecule has 0 saturated carbocycles. The van der Waals surface area contributed by atoms with Crippen LogP contribution in [0.5, 0.6) is 0 Å². The molecule has 0 bridgehead atoms. The highest BCUT2D eigenvalue weighted by molar-refractivity contribution is 7.92. The Morgan fingerprint density at radius 1 is 1.00 bits per heavy atom. The van der Waals surface area contributed by atoms with E-state index in [0.29, 0.717) is 23.4 Å². The van der Waals surface area contributed by atoms with Crippen molar-refractivity contribution in [1.82, 2.24) is 5.32 Å². The van der Waals surface area contributed by atoms with E-state index in [1.807, 2.05) is 26.8 Å². The van der Waals surface area contributed by atoms with Crippen molar-refractivity contribution in [2.45, 2.75) is 32.6 Å². The van der Waals surface area contributed by atoms with Crippen molar-refractivity contribution in [1.29, 1.82) is 0 Å². The summed E-state index contributed by atoms with van der Waals surface area (Å²) in [5, 5.41) is 2.67. The Labute approximate surface area is 143 Å². The van der Waals surface area contributed by atoms with Crippen molar-refractivity contribution in [2.75, 3.05) is 11.3 Å². The van der Waals surface area contributed by atoms with Crippen LogP contribution in [0.3, 0.4) is 0 Å². The van der Waals surface area contributed by atoms with Gasteiger partial charge in [0.05, 0.1) is 4.90 Å². The third-order valence-electron chi connectivity index (χ3n) is 3.55. The number of sulfonamides is 1. The van der Waals surface area contributed by atoms with Gasteiger partial charge in [-0.05, 0) is 68.7 Å². The number of aryl methyl sites for hydroxylation is 3. The third kappa shape index (κ3) is 4.14. The van der Waals surface area contributed by atoms with Crippen LogP contribution in [0.2, 0.25) is 0 Å². The van der Waals surface area contributed by atoms with Gasteiger partial charge < -0.3 is 5.32 Å². The molecular weight excluding hydrogens is 324 g/mol. The Morgan fingerprint density at radius 3 is 2.21 bits per heavy atom. The van der Waals surface area contributed by atoms with E-state index < -0.39 is 10.0 Å². The minimum atomic E-state index is -3.78. The molecule has 2 rings (SSSR count). The molecule has 128 valence electrons. The van der Waals surface area contributed by atoms with E-state index in [4.69, 9.17) is 0 Å². The lowest BCUT2D eigenvalue weighted by Gasteiger charge is -2.13. The zero-order valence-corrected chi connectivity index (χ0v) is 15.1. The fraction of sp³-hybridized carbons (Fsp3) is 0.278. The standard InChI is InChI=1S/C18H22N2O3S/c1-5-19-18(21)15-7-6-14(4)17(11-15)24(22,23)20-16-9-12(2)8-13(3)10-16/h6-11,20H,5H2,1-4H3,(H,19,21). The van der Waals surface area contributed by atoms with Crippen LogP contribution in [-0.4, -0.2) is 20.9 Å². The van der Waals surface area contributed by atoms with Crippen molar-refractivity contribution in [2.24, 2.45) is 0 Å². The van der Waals surface area contributed by atoms with E-state index in [1.165, 1.54) is 6.07 Å². The number of carbonyl (C=O) groups excluding carboxylic acids is 1. The molecule has 2 N–H and O–H groups in total. The van der Waals surface area contributed by atoms with Crippen molar-refractivity contribution in [3.8, 4) is 0 Å². The lowest BCUT2D eigenvalue weighted by molar-refractivity contribution is 0.0955. The summed E-state index contributed by atoms with van der Waals surface area (Å²) in [6.07, 6.45) is 0. The highest BCUT2D eigenvalue weighted by Crippen LogP contribution is 2.22. The molecule has 0 spiro atoms. The molecule has 0 aromatic heterocycles. The molecular formula is C18H22N2O3S. The molecule has 0 heterocycles. The topological polar surface area (TPSA) is 75.3 Å². The molecule has 2 aromatic carbocycles. The maximum absolute atomic E-state index is 12.7. The smallest absolute Gasteiger partial charge is 0.262 e. The molecule has 0 saturated heterocycles. The average Bonchev–Trinajstić information content (AvgIpc) is 2.46. The molecule has 5 nitrogen and oxygen atoms in total. The summed E-state index contributed by atoms with van der Waals surface area (Å²) >= 11 is 0. The lowest BCUT2D eigenvalue weighted by Crippen LogP contribution is -2.23. The second-order valence-electron chi connectivity index (χ2n) is 5.82. The van der Waals surface area contributed by atoms with Gasteiger partial charge in [-0.25, -0.2) is 8.42 Å². The molecule has 0 atom stereocenters. The molecule has 0 unspecified atom stereocenters. The summed E-state index contributed by atoms with van der Waals surface area (Å²) < 4.78 is 28.1. The molecule has 0 aliphatic heterocycles. The van der Waals surface area contributed by atoms with Crippen LogP contribution < -0.4 is 10.0 Å². The summed E-state index contributed by atoms with van der Waals surface area (Å²) in [5.41, 5.74) is 3.36. The Balaban J connectivity index is 2.41. The fourth-order valence-corrected chi connectivity index (χ4v) is 3.85. The van der Waals surface area contributed by atoms with E-state index in [1.54, 1.807) is 31.2 Å². The van der Waals surface area contributed by atoms with Crippen molar-refractivity contribution in [3.05, 3.63) is 58.7 Å². The molecule has 0 aliphatic carbocycles. The first-order valence-corrected chi connectivity index (χ1v) is 9.21. The number of benzene rings is 2. The Bertz CT molecular complexity index is 854. The van der Waals surface area contributed by atoms with E-state index >= 15 is 0 Å². The van der Waals surface area contributed by atoms with Crippen molar-refractivity contribution in [3.63, 3.8) is 0 Å². The van der Waals surface area contributed by atoms with Crippen LogP contribution in [0.4, 0.5) is 5.69 Å². The molecule has 0 radical (unpaired) electrons. The second kappa shape index (κ2) is 7.05. The van der Waals surface area contributed by atoms with Gasteiger partial charge in [-0.3, -0.25) is 9.52 Å². The first kappa shape index (κ1) is 18.0. The number of hydrogen-bond acceptors (Lipinski definition) is 3. The van der Waals surface area contributed by atoms with Gasteiger partial charge in [0, 0.05) is 17.8 Å². The highest BCUT2D eigenvalue weighted by atomic mass is 32.2. The predicted octanol–water partition coefficient (Wildman–Crippen LogP) is 3.16. The first-order chi connectivity index (χ1) is 11.2. The monoisotopic (exact) mass is 346 g/mol. The van der Waals surface area contributed by atoms with Gasteiger partial charge in [0.15, 0.2) is 0 Å². The summed E-state index contributed by atoms with van der Waals surface area (Å²) in [5.74, 6) is -0.291. The zero-order valence-electron chi connectivity index (χ0n) is 14.3. The lowest BCUT2D eigenvalue weighted by atomic mass is 10.1. The third-order valence-corrected chi connectivity index (χ3v) is 5.07. The number of amides is 1. The first-order valence-electron chi connectivity index (χ1n) is 7.73. The second-order valence-corrected chi connectivity index (χ2v) is 7.47. The fourth-order valence-electron chi connectivity index (χ4n) is 2.54. The molecule has 2 aromatic rings. The van der Waals surface area contributed by atoms with Crippen LogP contribution in [0.1, 0.15) is 34.0 Å². The number of rotatable bonds is 5. The maximum atomic E-state index is 12.7.